The fraction of sp³-hybridized carbons (Fsp3) is 0.182. The molecule has 0 saturated heterocycles. The van der Waals surface area contributed by atoms with Crippen LogP contribution < -0.4 is 0 Å². The fourth-order valence-electron chi connectivity index (χ4n) is 1.50. The number of aromatic hydroxyl groups is 1. The number of benzene rings is 1. The summed E-state index contributed by atoms with van der Waals surface area (Å²) in [7, 11) is 0. The monoisotopic (exact) mass is 227 g/mol. The molecule has 1 N–H and O–H groups in total. The second kappa shape index (κ2) is 3.37. The molecule has 1 aromatic carbocycles. The first kappa shape index (κ1) is 10.7. The molecule has 0 spiro atoms. The molecule has 0 amide bonds. The van der Waals surface area contributed by atoms with E-state index in [1.807, 2.05) is 0 Å². The van der Waals surface area contributed by atoms with Crippen molar-refractivity contribution in [2.24, 2.45) is 0 Å². The number of phenols is 1. The molecule has 0 aliphatic rings. The summed E-state index contributed by atoms with van der Waals surface area (Å²) in [6.45, 7) is 1.75. The molecule has 2 aromatic rings. The number of hydrogen-bond acceptors (Lipinski definition) is 2. The van der Waals surface area contributed by atoms with Gasteiger partial charge in [-0.2, -0.15) is 13.2 Å². The number of pyridine rings is 1. The van der Waals surface area contributed by atoms with Crippen molar-refractivity contribution in [1.29, 1.82) is 0 Å². The van der Waals surface area contributed by atoms with Gasteiger partial charge in [0.2, 0.25) is 0 Å². The molecule has 0 radical (unpaired) electrons. The van der Waals surface area contributed by atoms with Crippen molar-refractivity contribution < 1.29 is 18.3 Å². The maximum Gasteiger partial charge on any atom is 0.433 e. The molecule has 0 aliphatic carbocycles. The van der Waals surface area contributed by atoms with E-state index in [0.29, 0.717) is 5.39 Å². The first-order chi connectivity index (χ1) is 7.39. The zero-order valence-electron chi connectivity index (χ0n) is 8.34. The van der Waals surface area contributed by atoms with Gasteiger partial charge in [-0.3, -0.25) is 0 Å². The van der Waals surface area contributed by atoms with E-state index < -0.39 is 11.9 Å². The molecule has 1 heterocycles. The van der Waals surface area contributed by atoms with Crippen LogP contribution in [-0.4, -0.2) is 10.1 Å². The summed E-state index contributed by atoms with van der Waals surface area (Å²) in [5, 5.41) is 9.98. The smallest absolute Gasteiger partial charge is 0.433 e. The van der Waals surface area contributed by atoms with Gasteiger partial charge in [0.25, 0.3) is 0 Å². The molecule has 5 heteroatoms. The molecule has 2 nitrogen and oxygen atoms in total. The van der Waals surface area contributed by atoms with Crippen LogP contribution in [0.5, 0.6) is 5.75 Å². The van der Waals surface area contributed by atoms with Crippen LogP contribution in [0, 0.1) is 6.92 Å². The quantitative estimate of drug-likeness (QED) is 0.749. The lowest BCUT2D eigenvalue weighted by Crippen LogP contribution is -2.07. The Bertz CT molecular complexity index is 549. The van der Waals surface area contributed by atoms with E-state index in [-0.39, 0.29) is 11.3 Å². The topological polar surface area (TPSA) is 33.1 Å². The van der Waals surface area contributed by atoms with Gasteiger partial charge in [0, 0.05) is 5.39 Å². The van der Waals surface area contributed by atoms with Crippen molar-refractivity contribution >= 4 is 10.9 Å². The molecule has 0 saturated carbocycles. The number of alkyl halides is 3. The molecule has 1 aromatic heterocycles. The van der Waals surface area contributed by atoms with Gasteiger partial charge in [0.1, 0.15) is 17.0 Å². The normalized spacial score (nSPS) is 12.0. The molecule has 2 rings (SSSR count). The maximum atomic E-state index is 12.4. The Labute approximate surface area is 89.4 Å². The number of aryl methyl sites for hydroxylation is 1. The summed E-state index contributed by atoms with van der Waals surface area (Å²) >= 11 is 0. The number of phenolic OH excluding ortho intramolecular Hbond substituents is 1. The zero-order valence-corrected chi connectivity index (χ0v) is 8.34. The highest BCUT2D eigenvalue weighted by Gasteiger charge is 2.32. The molecule has 0 aliphatic heterocycles. The molecule has 0 atom stereocenters. The molecular formula is C11H8F3NO. The third-order valence-electron chi connectivity index (χ3n) is 2.34. The van der Waals surface area contributed by atoms with Gasteiger partial charge in [-0.25, -0.2) is 4.98 Å². The average Bonchev–Trinajstić information content (AvgIpc) is 2.22. The second-order valence-corrected chi connectivity index (χ2v) is 3.49. The summed E-state index contributed by atoms with van der Waals surface area (Å²) in [4.78, 5) is 3.43. The van der Waals surface area contributed by atoms with Crippen molar-refractivity contribution in [1.82, 2.24) is 4.98 Å². The van der Waals surface area contributed by atoms with Crippen LogP contribution >= 0.6 is 0 Å². The van der Waals surface area contributed by atoms with Crippen molar-refractivity contribution in [3.05, 3.63) is 35.5 Å². The minimum Gasteiger partial charge on any atom is -0.506 e. The largest absolute Gasteiger partial charge is 0.506 e. The van der Waals surface area contributed by atoms with Crippen molar-refractivity contribution in [3.8, 4) is 5.75 Å². The average molecular weight is 227 g/mol. The molecule has 84 valence electrons. The van der Waals surface area contributed by atoms with E-state index in [0.717, 1.165) is 11.6 Å². The van der Waals surface area contributed by atoms with Crippen LogP contribution in [0.4, 0.5) is 13.2 Å². The number of aromatic nitrogens is 1. The standard InChI is InChI=1S/C11H8F3NO/c1-6-2-4-8(16)10-7(6)3-5-9(15-10)11(12,13)14/h2-5,16H,1H3. The number of fused-ring (bicyclic) bond motifs is 1. The van der Waals surface area contributed by atoms with E-state index in [1.54, 1.807) is 13.0 Å². The van der Waals surface area contributed by atoms with Crippen molar-refractivity contribution in [2.45, 2.75) is 13.1 Å². The summed E-state index contributed by atoms with van der Waals surface area (Å²) < 4.78 is 37.2. The van der Waals surface area contributed by atoms with Gasteiger partial charge >= 0.3 is 6.18 Å². The van der Waals surface area contributed by atoms with Crippen LogP contribution in [-0.2, 0) is 6.18 Å². The Kier molecular flexibility index (Phi) is 2.26. The van der Waals surface area contributed by atoms with Gasteiger partial charge in [-0.1, -0.05) is 12.1 Å². The highest BCUT2D eigenvalue weighted by molar-refractivity contribution is 5.87. The minimum absolute atomic E-state index is 0.0187. The summed E-state index contributed by atoms with van der Waals surface area (Å²) in [6, 6.07) is 5.20. The third-order valence-corrected chi connectivity index (χ3v) is 2.34. The lowest BCUT2D eigenvalue weighted by Gasteiger charge is -2.08. The van der Waals surface area contributed by atoms with E-state index >= 15 is 0 Å². The number of nitrogens with zero attached hydrogens (tertiary/aromatic N) is 1. The summed E-state index contributed by atoms with van der Waals surface area (Å²) in [5.41, 5.74) is -0.246. The van der Waals surface area contributed by atoms with Crippen LogP contribution in [0.1, 0.15) is 11.3 Å². The third kappa shape index (κ3) is 1.68. The Morgan fingerprint density at radius 3 is 2.44 bits per heavy atom. The molecule has 0 unspecified atom stereocenters. The highest BCUT2D eigenvalue weighted by Crippen LogP contribution is 2.32. The minimum atomic E-state index is -4.50. The number of halogens is 3. The first-order valence-corrected chi connectivity index (χ1v) is 4.56. The van der Waals surface area contributed by atoms with Gasteiger partial charge in [0.15, 0.2) is 0 Å². The predicted octanol–water partition coefficient (Wildman–Crippen LogP) is 3.27. The molecule has 0 fully saturated rings. The predicted molar refractivity (Wildman–Crippen MR) is 53.1 cm³/mol. The number of hydrogen-bond donors (Lipinski definition) is 1. The first-order valence-electron chi connectivity index (χ1n) is 4.56. The van der Waals surface area contributed by atoms with Crippen molar-refractivity contribution in [3.63, 3.8) is 0 Å². The van der Waals surface area contributed by atoms with E-state index in [1.165, 1.54) is 12.1 Å². The Hall–Kier alpha value is -1.78. The van der Waals surface area contributed by atoms with Gasteiger partial charge in [-0.15, -0.1) is 0 Å². The number of rotatable bonds is 0. The maximum absolute atomic E-state index is 12.4. The Balaban J connectivity index is 2.76. The molecular weight excluding hydrogens is 219 g/mol. The lowest BCUT2D eigenvalue weighted by atomic mass is 10.1. The van der Waals surface area contributed by atoms with Crippen molar-refractivity contribution in [2.75, 3.05) is 0 Å². The Morgan fingerprint density at radius 1 is 1.12 bits per heavy atom. The van der Waals surface area contributed by atoms with Crippen LogP contribution in [0.2, 0.25) is 0 Å². The van der Waals surface area contributed by atoms with Crippen LogP contribution in [0.15, 0.2) is 24.3 Å². The van der Waals surface area contributed by atoms with Gasteiger partial charge in [0.05, 0.1) is 0 Å². The summed E-state index contributed by atoms with van der Waals surface area (Å²) in [6.07, 6.45) is -4.50. The molecule has 16 heavy (non-hydrogen) atoms. The highest BCUT2D eigenvalue weighted by atomic mass is 19.4. The Morgan fingerprint density at radius 2 is 1.81 bits per heavy atom. The van der Waals surface area contributed by atoms with Crippen LogP contribution in [0.25, 0.3) is 10.9 Å². The zero-order chi connectivity index (χ0) is 11.9. The van der Waals surface area contributed by atoms with E-state index in [9.17, 15) is 18.3 Å². The van der Waals surface area contributed by atoms with Crippen LogP contribution in [0.3, 0.4) is 0 Å². The van der Waals surface area contributed by atoms with E-state index in [4.69, 9.17) is 0 Å². The lowest BCUT2D eigenvalue weighted by molar-refractivity contribution is -0.140. The van der Waals surface area contributed by atoms with Gasteiger partial charge < -0.3 is 5.11 Å². The van der Waals surface area contributed by atoms with Gasteiger partial charge in [-0.05, 0) is 24.6 Å². The van der Waals surface area contributed by atoms with E-state index in [2.05, 4.69) is 4.98 Å². The second-order valence-electron chi connectivity index (χ2n) is 3.49. The molecule has 0 bridgehead atoms. The SMILES string of the molecule is Cc1ccc(O)c2nc(C(F)(F)F)ccc12. The summed E-state index contributed by atoms with van der Waals surface area (Å²) in [5.74, 6) is -0.244. The fourth-order valence-corrected chi connectivity index (χ4v) is 1.50.